The van der Waals surface area contributed by atoms with Crippen molar-refractivity contribution in [3.8, 4) is 0 Å². The Labute approximate surface area is 118 Å². The molecule has 20 heavy (non-hydrogen) atoms. The molecule has 1 fully saturated rings. The highest BCUT2D eigenvalue weighted by Gasteiger charge is 2.20. The maximum absolute atomic E-state index is 13.7. The van der Waals surface area contributed by atoms with Gasteiger partial charge in [-0.2, -0.15) is 0 Å². The first-order valence-electron chi connectivity index (χ1n) is 6.90. The summed E-state index contributed by atoms with van der Waals surface area (Å²) in [7, 11) is 1.82. The summed E-state index contributed by atoms with van der Waals surface area (Å²) in [6.07, 6.45) is 4.41. The van der Waals surface area contributed by atoms with E-state index >= 15 is 0 Å². The molecule has 1 heterocycles. The third-order valence-corrected chi connectivity index (χ3v) is 3.54. The van der Waals surface area contributed by atoms with E-state index in [0.717, 1.165) is 17.9 Å². The Bertz CT molecular complexity index is 579. The highest BCUT2D eigenvalue weighted by atomic mass is 19.1. The molecule has 0 saturated heterocycles. The predicted molar refractivity (Wildman–Crippen MR) is 78.6 cm³/mol. The minimum absolute atomic E-state index is 0.240. The molecule has 4 heteroatoms. The Morgan fingerprint density at radius 3 is 2.70 bits per heavy atom. The smallest absolute Gasteiger partial charge is 0.146 e. The van der Waals surface area contributed by atoms with E-state index in [9.17, 15) is 4.39 Å². The Morgan fingerprint density at radius 1 is 1.25 bits per heavy atom. The monoisotopic (exact) mass is 271 g/mol. The van der Waals surface area contributed by atoms with Crippen LogP contribution < -0.4 is 10.2 Å². The Kier molecular flexibility index (Phi) is 3.65. The zero-order valence-corrected chi connectivity index (χ0v) is 11.5. The van der Waals surface area contributed by atoms with Crippen LogP contribution in [-0.2, 0) is 6.54 Å². The van der Waals surface area contributed by atoms with Gasteiger partial charge in [0.25, 0.3) is 0 Å². The lowest BCUT2D eigenvalue weighted by Crippen LogP contribution is -2.16. The van der Waals surface area contributed by atoms with E-state index in [-0.39, 0.29) is 5.82 Å². The number of anilines is 2. The number of nitrogens with one attached hydrogen (secondary N) is 1. The molecule has 1 aliphatic rings. The van der Waals surface area contributed by atoms with E-state index in [1.165, 1.54) is 18.9 Å². The Morgan fingerprint density at radius 2 is 2.05 bits per heavy atom. The maximum atomic E-state index is 13.7. The molecule has 1 aromatic heterocycles. The van der Waals surface area contributed by atoms with Crippen LogP contribution in [0.15, 0.2) is 42.6 Å². The molecule has 1 N–H and O–H groups in total. The number of hydrogen-bond donors (Lipinski definition) is 1. The predicted octanol–water partition coefficient (Wildman–Crippen LogP) is 3.24. The highest BCUT2D eigenvalue weighted by Crippen LogP contribution is 2.24. The van der Waals surface area contributed by atoms with Crippen molar-refractivity contribution in [2.45, 2.75) is 25.4 Å². The number of hydrogen-bond acceptors (Lipinski definition) is 3. The van der Waals surface area contributed by atoms with Crippen LogP contribution in [0.25, 0.3) is 0 Å². The molecule has 0 unspecified atom stereocenters. The van der Waals surface area contributed by atoms with Gasteiger partial charge in [0, 0.05) is 25.8 Å². The molecule has 2 aromatic rings. The zero-order valence-electron chi connectivity index (χ0n) is 11.5. The first kappa shape index (κ1) is 13.1. The van der Waals surface area contributed by atoms with E-state index in [0.29, 0.717) is 11.7 Å². The van der Waals surface area contributed by atoms with Crippen molar-refractivity contribution in [1.82, 2.24) is 10.3 Å². The molecule has 1 aromatic carbocycles. The summed E-state index contributed by atoms with van der Waals surface area (Å²) < 4.78 is 13.7. The fourth-order valence-corrected chi connectivity index (χ4v) is 2.12. The molecule has 3 nitrogen and oxygen atoms in total. The highest BCUT2D eigenvalue weighted by molar-refractivity contribution is 5.59. The van der Waals surface area contributed by atoms with Crippen LogP contribution in [0.3, 0.4) is 0 Å². The summed E-state index contributed by atoms with van der Waals surface area (Å²) in [5.41, 5.74) is 1.69. The van der Waals surface area contributed by atoms with Gasteiger partial charge in [0.1, 0.15) is 11.6 Å². The van der Waals surface area contributed by atoms with Gasteiger partial charge >= 0.3 is 0 Å². The Balaban J connectivity index is 1.71. The van der Waals surface area contributed by atoms with E-state index in [4.69, 9.17) is 0 Å². The lowest BCUT2D eigenvalue weighted by molar-refractivity contribution is 0.627. The third kappa shape index (κ3) is 2.96. The van der Waals surface area contributed by atoms with E-state index in [1.54, 1.807) is 17.0 Å². The maximum Gasteiger partial charge on any atom is 0.146 e. The fraction of sp³-hybridized carbons (Fsp3) is 0.312. The molecule has 0 spiro atoms. The van der Waals surface area contributed by atoms with Crippen LogP contribution in [0.2, 0.25) is 0 Å². The summed E-state index contributed by atoms with van der Waals surface area (Å²) in [5.74, 6) is 0.501. The zero-order chi connectivity index (χ0) is 13.9. The van der Waals surface area contributed by atoms with Gasteiger partial charge in [-0.15, -0.1) is 0 Å². The number of rotatable bonds is 5. The number of benzene rings is 1. The van der Waals surface area contributed by atoms with Gasteiger partial charge in [0.05, 0.1) is 5.69 Å². The van der Waals surface area contributed by atoms with Crippen molar-refractivity contribution < 1.29 is 4.39 Å². The summed E-state index contributed by atoms with van der Waals surface area (Å²) in [5, 5.41) is 3.45. The van der Waals surface area contributed by atoms with Crippen molar-refractivity contribution in [2.24, 2.45) is 0 Å². The quantitative estimate of drug-likeness (QED) is 0.905. The van der Waals surface area contributed by atoms with Crippen LogP contribution in [0.1, 0.15) is 18.4 Å². The SMILES string of the molecule is CN(c1ccc(CNC2CC2)cn1)c1ccccc1F. The van der Waals surface area contributed by atoms with Crippen LogP contribution in [-0.4, -0.2) is 18.1 Å². The summed E-state index contributed by atoms with van der Waals surface area (Å²) in [6, 6.07) is 11.4. The molecule has 0 atom stereocenters. The standard InChI is InChI=1S/C16H18FN3/c1-20(15-5-3-2-4-14(15)17)16-9-6-12(11-19-16)10-18-13-7-8-13/h2-6,9,11,13,18H,7-8,10H2,1H3. The lowest BCUT2D eigenvalue weighted by atomic mass is 10.2. The van der Waals surface area contributed by atoms with Crippen LogP contribution in [0, 0.1) is 5.82 Å². The van der Waals surface area contributed by atoms with Gasteiger partial charge in [0.15, 0.2) is 0 Å². The summed E-state index contributed by atoms with van der Waals surface area (Å²) in [4.78, 5) is 6.17. The number of nitrogens with zero attached hydrogens (tertiary/aromatic N) is 2. The minimum Gasteiger partial charge on any atom is -0.327 e. The largest absolute Gasteiger partial charge is 0.327 e. The first-order valence-corrected chi connectivity index (χ1v) is 6.90. The van der Waals surface area contributed by atoms with Crippen molar-refractivity contribution in [3.63, 3.8) is 0 Å². The van der Waals surface area contributed by atoms with Crippen molar-refractivity contribution in [1.29, 1.82) is 0 Å². The molecular formula is C16H18FN3. The van der Waals surface area contributed by atoms with Gasteiger partial charge in [-0.3, -0.25) is 0 Å². The molecule has 0 bridgehead atoms. The van der Waals surface area contributed by atoms with Gasteiger partial charge in [0.2, 0.25) is 0 Å². The molecule has 0 amide bonds. The van der Waals surface area contributed by atoms with Crippen LogP contribution in [0.5, 0.6) is 0 Å². The number of aromatic nitrogens is 1. The Hall–Kier alpha value is -1.94. The minimum atomic E-state index is -0.240. The molecular weight excluding hydrogens is 253 g/mol. The third-order valence-electron chi connectivity index (χ3n) is 3.54. The number of para-hydroxylation sites is 1. The summed E-state index contributed by atoms with van der Waals surface area (Å²) >= 11 is 0. The average Bonchev–Trinajstić information content (AvgIpc) is 3.30. The van der Waals surface area contributed by atoms with Crippen molar-refractivity contribution >= 4 is 11.5 Å². The van der Waals surface area contributed by atoms with Crippen LogP contribution >= 0.6 is 0 Å². The van der Waals surface area contributed by atoms with E-state index in [2.05, 4.69) is 10.3 Å². The molecule has 3 rings (SSSR count). The fourth-order valence-electron chi connectivity index (χ4n) is 2.12. The van der Waals surface area contributed by atoms with Crippen LogP contribution in [0.4, 0.5) is 15.9 Å². The average molecular weight is 271 g/mol. The first-order chi connectivity index (χ1) is 9.74. The second-order valence-electron chi connectivity index (χ2n) is 5.19. The summed E-state index contributed by atoms with van der Waals surface area (Å²) in [6.45, 7) is 0.849. The van der Waals surface area contributed by atoms with E-state index in [1.807, 2.05) is 31.4 Å². The van der Waals surface area contributed by atoms with Gasteiger partial charge in [-0.25, -0.2) is 9.37 Å². The normalized spacial score (nSPS) is 14.3. The second-order valence-corrected chi connectivity index (χ2v) is 5.19. The van der Waals surface area contributed by atoms with Gasteiger partial charge < -0.3 is 10.2 Å². The lowest BCUT2D eigenvalue weighted by Gasteiger charge is -2.19. The molecule has 1 aliphatic carbocycles. The van der Waals surface area contributed by atoms with Gasteiger partial charge in [-0.1, -0.05) is 18.2 Å². The molecule has 104 valence electrons. The number of halogens is 1. The number of pyridine rings is 1. The van der Waals surface area contributed by atoms with Crippen molar-refractivity contribution in [2.75, 3.05) is 11.9 Å². The van der Waals surface area contributed by atoms with Gasteiger partial charge in [-0.05, 0) is 36.6 Å². The van der Waals surface area contributed by atoms with E-state index < -0.39 is 0 Å². The second kappa shape index (κ2) is 5.59. The topological polar surface area (TPSA) is 28.2 Å². The molecule has 1 saturated carbocycles. The molecule has 0 aliphatic heterocycles. The van der Waals surface area contributed by atoms with Crippen molar-refractivity contribution in [3.05, 3.63) is 54.0 Å². The molecule has 0 radical (unpaired) electrons.